The molecule has 0 saturated heterocycles. The number of rotatable bonds is 2. The Bertz CT molecular complexity index is 587. The lowest BCUT2D eigenvalue weighted by molar-refractivity contribution is 0.319. The van der Waals surface area contributed by atoms with Gasteiger partial charge in [0.25, 0.3) is 0 Å². The summed E-state index contributed by atoms with van der Waals surface area (Å²) in [5.41, 5.74) is 6.40. The molecule has 0 heteroatoms. The predicted octanol–water partition coefficient (Wildman–Crippen LogP) is 5.35. The zero-order valence-corrected chi connectivity index (χ0v) is 12.8. The smallest absolute Gasteiger partial charge is 0.00257 e. The minimum atomic E-state index is 0.372. The summed E-state index contributed by atoms with van der Waals surface area (Å²) in [6, 6.07) is 17.9. The van der Waals surface area contributed by atoms with Crippen LogP contribution >= 0.6 is 0 Å². The first-order valence-corrected chi connectivity index (χ1v) is 7.69. The van der Waals surface area contributed by atoms with Gasteiger partial charge in [0.2, 0.25) is 0 Å². The van der Waals surface area contributed by atoms with Crippen molar-refractivity contribution in [3.05, 3.63) is 70.8 Å². The van der Waals surface area contributed by atoms with Gasteiger partial charge in [-0.2, -0.15) is 0 Å². The molecule has 1 unspecified atom stereocenters. The van der Waals surface area contributed by atoms with Crippen LogP contribution in [0.4, 0.5) is 0 Å². The summed E-state index contributed by atoms with van der Waals surface area (Å²) in [4.78, 5) is 0. The van der Waals surface area contributed by atoms with Crippen molar-refractivity contribution in [3.63, 3.8) is 0 Å². The number of fused-ring (bicyclic) bond motifs is 1. The molecular formula is C20H24. The van der Waals surface area contributed by atoms with Crippen molar-refractivity contribution < 1.29 is 0 Å². The largest absolute Gasteiger partial charge is 0.0622 e. The van der Waals surface area contributed by atoms with E-state index in [-0.39, 0.29) is 0 Å². The molecule has 2 aromatic carbocycles. The van der Waals surface area contributed by atoms with E-state index in [2.05, 4.69) is 69.3 Å². The lowest BCUT2D eigenvalue weighted by atomic mass is 9.77. The lowest BCUT2D eigenvalue weighted by Gasteiger charge is -2.28. The number of benzene rings is 2. The molecule has 0 heterocycles. The van der Waals surface area contributed by atoms with Crippen molar-refractivity contribution in [1.82, 2.24) is 0 Å². The zero-order valence-electron chi connectivity index (χ0n) is 12.8. The third kappa shape index (κ3) is 2.65. The molecule has 0 radical (unpaired) electrons. The molecule has 1 atom stereocenters. The van der Waals surface area contributed by atoms with Crippen LogP contribution in [-0.4, -0.2) is 0 Å². The fraction of sp³-hybridized carbons (Fsp3) is 0.400. The van der Waals surface area contributed by atoms with Crippen LogP contribution in [0.5, 0.6) is 0 Å². The van der Waals surface area contributed by atoms with Gasteiger partial charge in [-0.15, -0.1) is 0 Å². The van der Waals surface area contributed by atoms with Gasteiger partial charge in [0.1, 0.15) is 0 Å². The highest BCUT2D eigenvalue weighted by atomic mass is 14.4. The van der Waals surface area contributed by atoms with Gasteiger partial charge >= 0.3 is 0 Å². The van der Waals surface area contributed by atoms with Gasteiger partial charge in [-0.1, -0.05) is 69.3 Å². The Morgan fingerprint density at radius 3 is 2.40 bits per heavy atom. The Balaban J connectivity index is 1.89. The molecule has 0 aliphatic heterocycles. The fourth-order valence-corrected chi connectivity index (χ4v) is 3.49. The van der Waals surface area contributed by atoms with Crippen LogP contribution in [0.15, 0.2) is 48.5 Å². The van der Waals surface area contributed by atoms with Crippen LogP contribution in [0.3, 0.4) is 0 Å². The minimum absolute atomic E-state index is 0.372. The molecule has 20 heavy (non-hydrogen) atoms. The van der Waals surface area contributed by atoms with Crippen molar-refractivity contribution >= 4 is 0 Å². The summed E-state index contributed by atoms with van der Waals surface area (Å²) >= 11 is 0. The van der Waals surface area contributed by atoms with Gasteiger partial charge in [-0.3, -0.25) is 0 Å². The molecule has 1 aliphatic carbocycles. The van der Waals surface area contributed by atoms with E-state index >= 15 is 0 Å². The van der Waals surface area contributed by atoms with Crippen LogP contribution in [0, 0.1) is 5.41 Å². The van der Waals surface area contributed by atoms with E-state index in [9.17, 15) is 0 Å². The minimum Gasteiger partial charge on any atom is -0.0622 e. The van der Waals surface area contributed by atoms with Crippen molar-refractivity contribution in [2.75, 3.05) is 0 Å². The molecular weight excluding hydrogens is 240 g/mol. The van der Waals surface area contributed by atoms with E-state index in [4.69, 9.17) is 0 Å². The summed E-state index contributed by atoms with van der Waals surface area (Å²) in [7, 11) is 0. The fourth-order valence-electron chi connectivity index (χ4n) is 3.49. The van der Waals surface area contributed by atoms with Crippen molar-refractivity contribution in [2.45, 2.75) is 46.0 Å². The summed E-state index contributed by atoms with van der Waals surface area (Å²) in [6.07, 6.45) is 3.61. The van der Waals surface area contributed by atoms with Crippen LogP contribution in [0.1, 0.15) is 55.4 Å². The standard InChI is InChI=1S/C20H24/c1-20(2,3)19-12-11-17-10-9-16(14-18(17)19)13-15-7-5-4-6-8-15/h4-10,14,19H,11-13H2,1-3H3. The number of hydrogen-bond acceptors (Lipinski definition) is 0. The van der Waals surface area contributed by atoms with E-state index in [1.54, 1.807) is 11.1 Å². The van der Waals surface area contributed by atoms with Gasteiger partial charge in [-0.05, 0) is 52.8 Å². The van der Waals surface area contributed by atoms with Gasteiger partial charge in [0.05, 0.1) is 0 Å². The van der Waals surface area contributed by atoms with Crippen LogP contribution in [0.2, 0.25) is 0 Å². The van der Waals surface area contributed by atoms with E-state index in [0.29, 0.717) is 11.3 Å². The second kappa shape index (κ2) is 5.09. The predicted molar refractivity (Wildman–Crippen MR) is 86.2 cm³/mol. The summed E-state index contributed by atoms with van der Waals surface area (Å²) in [5.74, 6) is 0.716. The highest BCUT2D eigenvalue weighted by Crippen LogP contribution is 2.45. The molecule has 104 valence electrons. The average molecular weight is 264 g/mol. The van der Waals surface area contributed by atoms with Gasteiger partial charge in [0, 0.05) is 0 Å². The summed E-state index contributed by atoms with van der Waals surface area (Å²) in [6.45, 7) is 7.11. The van der Waals surface area contributed by atoms with Crippen molar-refractivity contribution in [2.24, 2.45) is 5.41 Å². The second-order valence-corrected chi connectivity index (χ2v) is 7.15. The Morgan fingerprint density at radius 1 is 0.950 bits per heavy atom. The first-order valence-electron chi connectivity index (χ1n) is 7.69. The van der Waals surface area contributed by atoms with Crippen LogP contribution < -0.4 is 0 Å². The Kier molecular flexibility index (Phi) is 3.41. The van der Waals surface area contributed by atoms with Crippen molar-refractivity contribution in [3.8, 4) is 0 Å². The maximum Gasteiger partial charge on any atom is -0.00257 e. The quantitative estimate of drug-likeness (QED) is 0.685. The Hall–Kier alpha value is -1.56. The molecule has 0 saturated carbocycles. The molecule has 0 nitrogen and oxygen atoms in total. The topological polar surface area (TPSA) is 0 Å². The molecule has 0 spiro atoms. The Morgan fingerprint density at radius 2 is 1.70 bits per heavy atom. The SMILES string of the molecule is CC(C)(C)C1CCc2ccc(Cc3ccccc3)cc21. The van der Waals surface area contributed by atoms with Gasteiger partial charge in [0.15, 0.2) is 0 Å². The first-order chi connectivity index (χ1) is 9.54. The maximum atomic E-state index is 2.46. The van der Waals surface area contributed by atoms with Crippen LogP contribution in [-0.2, 0) is 12.8 Å². The molecule has 0 bridgehead atoms. The van der Waals surface area contributed by atoms with E-state index < -0.39 is 0 Å². The highest BCUT2D eigenvalue weighted by Gasteiger charge is 2.32. The Labute approximate surface area is 122 Å². The van der Waals surface area contributed by atoms with E-state index in [1.807, 2.05) is 0 Å². The molecule has 2 aromatic rings. The zero-order chi connectivity index (χ0) is 14.2. The van der Waals surface area contributed by atoms with Gasteiger partial charge < -0.3 is 0 Å². The monoisotopic (exact) mass is 264 g/mol. The molecule has 0 fully saturated rings. The first kappa shape index (κ1) is 13.4. The molecule has 0 N–H and O–H groups in total. The number of aryl methyl sites for hydroxylation is 1. The molecule has 0 amide bonds. The highest BCUT2D eigenvalue weighted by molar-refractivity contribution is 5.41. The lowest BCUT2D eigenvalue weighted by Crippen LogP contribution is -2.15. The summed E-state index contributed by atoms with van der Waals surface area (Å²) < 4.78 is 0. The molecule has 1 aliphatic rings. The van der Waals surface area contributed by atoms with E-state index in [1.165, 1.54) is 24.0 Å². The third-order valence-corrected chi connectivity index (χ3v) is 4.58. The average Bonchev–Trinajstić information content (AvgIpc) is 2.83. The summed E-state index contributed by atoms with van der Waals surface area (Å²) in [5, 5.41) is 0. The third-order valence-electron chi connectivity index (χ3n) is 4.58. The number of hydrogen-bond donors (Lipinski definition) is 0. The maximum absolute atomic E-state index is 2.46. The normalized spacial score (nSPS) is 18.1. The van der Waals surface area contributed by atoms with Crippen molar-refractivity contribution in [1.29, 1.82) is 0 Å². The second-order valence-electron chi connectivity index (χ2n) is 7.15. The van der Waals surface area contributed by atoms with Gasteiger partial charge in [-0.25, -0.2) is 0 Å². The van der Waals surface area contributed by atoms with E-state index in [0.717, 1.165) is 6.42 Å². The van der Waals surface area contributed by atoms with Crippen LogP contribution in [0.25, 0.3) is 0 Å². The molecule has 0 aromatic heterocycles. The molecule has 3 rings (SSSR count).